The van der Waals surface area contributed by atoms with Crippen molar-refractivity contribution < 1.29 is 19.2 Å². The molecule has 2 aromatic rings. The van der Waals surface area contributed by atoms with Crippen LogP contribution in [0, 0.1) is 6.92 Å². The number of benzene rings is 1. The quantitative estimate of drug-likeness (QED) is 0.782. The van der Waals surface area contributed by atoms with Gasteiger partial charge in [0.1, 0.15) is 5.25 Å². The van der Waals surface area contributed by atoms with Gasteiger partial charge in [-0.25, -0.2) is 0 Å². The zero-order valence-corrected chi connectivity index (χ0v) is 12.9. The molecule has 0 aliphatic rings. The van der Waals surface area contributed by atoms with Crippen LogP contribution in [0.4, 0.5) is 0 Å². The number of hydrogen-bond acceptors (Lipinski definition) is 6. The van der Waals surface area contributed by atoms with E-state index in [-0.39, 0.29) is 12.5 Å². The van der Waals surface area contributed by atoms with Crippen molar-refractivity contribution in [2.24, 2.45) is 0 Å². The van der Waals surface area contributed by atoms with E-state index in [0.717, 1.165) is 11.8 Å². The molecule has 0 aliphatic carbocycles. The van der Waals surface area contributed by atoms with Gasteiger partial charge in [0.2, 0.25) is 5.89 Å². The fraction of sp³-hybridized carbons (Fsp3) is 0.286. The van der Waals surface area contributed by atoms with Gasteiger partial charge in [-0.15, -0.1) is 11.8 Å². The molecule has 1 atom stereocenters. The van der Waals surface area contributed by atoms with Gasteiger partial charge in [0.15, 0.2) is 5.82 Å². The first-order valence-corrected chi connectivity index (χ1v) is 7.41. The highest BCUT2D eigenvalue weighted by atomic mass is 32.2. The number of carboxylic acid groups (broad SMARTS) is 1. The van der Waals surface area contributed by atoms with E-state index in [0.29, 0.717) is 22.2 Å². The highest BCUT2D eigenvalue weighted by Gasteiger charge is 2.18. The molecule has 1 aromatic heterocycles. The summed E-state index contributed by atoms with van der Waals surface area (Å²) in [6.45, 7) is 3.38. The second kappa shape index (κ2) is 7.08. The van der Waals surface area contributed by atoms with E-state index in [4.69, 9.17) is 9.63 Å². The molecule has 0 fully saturated rings. The van der Waals surface area contributed by atoms with Crippen LogP contribution in [0.3, 0.4) is 0 Å². The number of carboxylic acids is 1. The van der Waals surface area contributed by atoms with Crippen molar-refractivity contribution in [2.75, 3.05) is 0 Å². The van der Waals surface area contributed by atoms with Gasteiger partial charge in [0.05, 0.1) is 12.1 Å². The number of nitrogens with one attached hydrogen (secondary N) is 1. The minimum Gasteiger partial charge on any atom is -0.480 e. The number of rotatable bonds is 6. The molecule has 1 amide bonds. The fourth-order valence-corrected chi connectivity index (χ4v) is 2.59. The van der Waals surface area contributed by atoms with E-state index in [9.17, 15) is 9.59 Å². The molecule has 2 rings (SSSR count). The first-order chi connectivity index (χ1) is 10.5. The summed E-state index contributed by atoms with van der Waals surface area (Å²) in [6.07, 6.45) is 0. The summed E-state index contributed by atoms with van der Waals surface area (Å²) in [7, 11) is 0. The molecule has 0 bridgehead atoms. The Hall–Kier alpha value is -2.35. The summed E-state index contributed by atoms with van der Waals surface area (Å²) < 4.78 is 4.92. The zero-order chi connectivity index (χ0) is 16.1. The third-order valence-corrected chi connectivity index (χ3v) is 3.92. The lowest BCUT2D eigenvalue weighted by atomic mass is 10.2. The van der Waals surface area contributed by atoms with Crippen LogP contribution >= 0.6 is 11.8 Å². The van der Waals surface area contributed by atoms with Gasteiger partial charge in [-0.05, 0) is 26.0 Å². The number of aliphatic carboxylic acids is 1. The van der Waals surface area contributed by atoms with Gasteiger partial charge in [-0.1, -0.05) is 17.3 Å². The number of thioether (sulfide) groups is 1. The predicted octanol–water partition coefficient (Wildman–Crippen LogP) is 1.87. The van der Waals surface area contributed by atoms with E-state index in [1.165, 1.54) is 0 Å². The second-order valence-electron chi connectivity index (χ2n) is 4.51. The molecule has 116 valence electrons. The van der Waals surface area contributed by atoms with Crippen LogP contribution in [-0.4, -0.2) is 32.4 Å². The maximum absolute atomic E-state index is 12.2. The van der Waals surface area contributed by atoms with Crippen molar-refractivity contribution in [3.8, 4) is 0 Å². The van der Waals surface area contributed by atoms with E-state index in [1.54, 1.807) is 38.1 Å². The van der Waals surface area contributed by atoms with E-state index in [2.05, 4.69) is 15.5 Å². The Morgan fingerprint density at radius 1 is 1.41 bits per heavy atom. The third-order valence-electron chi connectivity index (χ3n) is 2.75. The normalized spacial score (nSPS) is 11.9. The molecule has 1 heterocycles. The Bertz CT molecular complexity index is 686. The van der Waals surface area contributed by atoms with Gasteiger partial charge >= 0.3 is 5.97 Å². The first kappa shape index (κ1) is 16.0. The zero-order valence-electron chi connectivity index (χ0n) is 12.1. The van der Waals surface area contributed by atoms with Gasteiger partial charge < -0.3 is 14.9 Å². The molecule has 1 unspecified atom stereocenters. The fourth-order valence-electron chi connectivity index (χ4n) is 1.66. The summed E-state index contributed by atoms with van der Waals surface area (Å²) in [5.74, 6) is -0.441. The largest absolute Gasteiger partial charge is 0.480 e. The molecule has 0 aliphatic heterocycles. The molecule has 7 nitrogen and oxygen atoms in total. The minimum atomic E-state index is -0.929. The number of aryl methyl sites for hydroxylation is 1. The summed E-state index contributed by atoms with van der Waals surface area (Å²) >= 11 is 1.12. The lowest BCUT2D eigenvalue weighted by Crippen LogP contribution is -2.24. The molecule has 22 heavy (non-hydrogen) atoms. The van der Waals surface area contributed by atoms with Gasteiger partial charge in [0, 0.05) is 4.90 Å². The van der Waals surface area contributed by atoms with Crippen LogP contribution in [0.5, 0.6) is 0 Å². The van der Waals surface area contributed by atoms with E-state index in [1.807, 2.05) is 0 Å². The molecule has 2 N–H and O–H groups in total. The van der Waals surface area contributed by atoms with E-state index >= 15 is 0 Å². The number of nitrogens with zero attached hydrogens (tertiary/aromatic N) is 2. The average Bonchev–Trinajstić information content (AvgIpc) is 2.91. The van der Waals surface area contributed by atoms with Crippen LogP contribution in [0.2, 0.25) is 0 Å². The summed E-state index contributed by atoms with van der Waals surface area (Å²) in [6, 6.07) is 6.84. The van der Waals surface area contributed by atoms with E-state index < -0.39 is 11.2 Å². The van der Waals surface area contributed by atoms with Crippen molar-refractivity contribution in [2.45, 2.75) is 30.5 Å². The molecule has 0 spiro atoms. The molecule has 1 aromatic carbocycles. The van der Waals surface area contributed by atoms with Crippen molar-refractivity contribution in [3.05, 3.63) is 41.5 Å². The van der Waals surface area contributed by atoms with Crippen LogP contribution in [-0.2, 0) is 11.3 Å². The number of carbonyl (C=O) groups excluding carboxylic acids is 1. The molecule has 0 radical (unpaired) electrons. The highest BCUT2D eigenvalue weighted by Crippen LogP contribution is 2.27. The smallest absolute Gasteiger partial charge is 0.316 e. The Labute approximate surface area is 131 Å². The van der Waals surface area contributed by atoms with Gasteiger partial charge in [-0.2, -0.15) is 4.98 Å². The Kier molecular flexibility index (Phi) is 5.16. The SMILES string of the molecule is Cc1noc(CNC(=O)c2ccccc2SC(C)C(=O)O)n1. The van der Waals surface area contributed by atoms with Crippen molar-refractivity contribution in [1.29, 1.82) is 0 Å². The molecule has 8 heteroatoms. The summed E-state index contributed by atoms with van der Waals surface area (Å²) in [5.41, 5.74) is 0.414. The highest BCUT2D eigenvalue weighted by molar-refractivity contribution is 8.00. The first-order valence-electron chi connectivity index (χ1n) is 6.53. The number of amides is 1. The number of hydrogen-bond donors (Lipinski definition) is 2. The Balaban J connectivity index is 2.07. The number of aromatic nitrogens is 2. The van der Waals surface area contributed by atoms with Gasteiger partial charge in [0.25, 0.3) is 5.91 Å². The van der Waals surface area contributed by atoms with Crippen LogP contribution < -0.4 is 5.32 Å². The van der Waals surface area contributed by atoms with Gasteiger partial charge in [-0.3, -0.25) is 9.59 Å². The molecular formula is C14H15N3O4S. The third kappa shape index (κ3) is 4.08. The monoisotopic (exact) mass is 321 g/mol. The van der Waals surface area contributed by atoms with Crippen molar-refractivity contribution >= 4 is 23.6 Å². The molecule has 0 saturated carbocycles. The number of carbonyl (C=O) groups is 2. The lowest BCUT2D eigenvalue weighted by Gasteiger charge is -2.11. The molecule has 0 saturated heterocycles. The lowest BCUT2D eigenvalue weighted by molar-refractivity contribution is -0.136. The molecular weight excluding hydrogens is 306 g/mol. The predicted molar refractivity (Wildman–Crippen MR) is 79.6 cm³/mol. The summed E-state index contributed by atoms with van der Waals surface area (Å²) in [5, 5.41) is 14.6. The maximum Gasteiger partial charge on any atom is 0.316 e. The van der Waals surface area contributed by atoms with Crippen LogP contribution in [0.1, 0.15) is 29.0 Å². The summed E-state index contributed by atoms with van der Waals surface area (Å²) in [4.78, 5) is 27.8. The van der Waals surface area contributed by atoms with Crippen LogP contribution in [0.15, 0.2) is 33.7 Å². The van der Waals surface area contributed by atoms with Crippen molar-refractivity contribution in [1.82, 2.24) is 15.5 Å². The standard InChI is InChI=1S/C14H15N3O4S/c1-8(14(19)20)22-11-6-4-3-5-10(11)13(18)15-7-12-16-9(2)17-21-12/h3-6,8H,7H2,1-2H3,(H,15,18)(H,19,20). The Morgan fingerprint density at radius 2 is 2.14 bits per heavy atom. The topological polar surface area (TPSA) is 105 Å². The maximum atomic E-state index is 12.2. The minimum absolute atomic E-state index is 0.118. The van der Waals surface area contributed by atoms with Crippen LogP contribution in [0.25, 0.3) is 0 Å². The Morgan fingerprint density at radius 3 is 2.77 bits per heavy atom. The van der Waals surface area contributed by atoms with Crippen molar-refractivity contribution in [3.63, 3.8) is 0 Å². The second-order valence-corrected chi connectivity index (χ2v) is 5.90. The average molecular weight is 321 g/mol.